The molecule has 1 aromatic heterocycles. The van der Waals surface area contributed by atoms with Crippen LogP contribution in [-0.4, -0.2) is 4.98 Å². The van der Waals surface area contributed by atoms with Gasteiger partial charge in [0.2, 0.25) is 0 Å². The zero-order valence-corrected chi connectivity index (χ0v) is 12.4. The number of aromatic nitrogens is 1. The van der Waals surface area contributed by atoms with Gasteiger partial charge in [-0.2, -0.15) is 0 Å². The Morgan fingerprint density at radius 3 is 2.76 bits per heavy atom. The maximum atomic E-state index is 4.68. The van der Waals surface area contributed by atoms with Crippen LogP contribution in [0.25, 0.3) is 21.0 Å². The molecule has 2 nitrogen and oxygen atoms in total. The van der Waals surface area contributed by atoms with Gasteiger partial charge in [0.25, 0.3) is 0 Å². The number of rotatable bonds is 2. The molecule has 21 heavy (non-hydrogen) atoms. The normalized spacial score (nSPS) is 11.1. The third-order valence-corrected chi connectivity index (χ3v) is 4.53. The number of nitrogens with one attached hydrogen (secondary N) is 1. The number of benzene rings is 3. The topological polar surface area (TPSA) is 24.9 Å². The third kappa shape index (κ3) is 2.26. The van der Waals surface area contributed by atoms with Crippen molar-refractivity contribution in [2.24, 2.45) is 0 Å². The molecule has 0 spiro atoms. The molecule has 3 aromatic carbocycles. The fourth-order valence-electron chi connectivity index (χ4n) is 2.54. The molecule has 4 rings (SSSR count). The fourth-order valence-corrected chi connectivity index (χ4v) is 3.40. The highest BCUT2D eigenvalue weighted by Gasteiger charge is 2.06. The van der Waals surface area contributed by atoms with Crippen LogP contribution >= 0.6 is 11.3 Å². The van der Waals surface area contributed by atoms with E-state index in [1.807, 2.05) is 0 Å². The molecule has 1 N–H and O–H groups in total. The lowest BCUT2D eigenvalue weighted by Gasteiger charge is -2.06. The molecular weight excluding hydrogens is 276 g/mol. The monoisotopic (exact) mass is 290 g/mol. The lowest BCUT2D eigenvalue weighted by molar-refractivity contribution is 1.43. The number of anilines is 2. The standard InChI is InChI=1S/C18H14N2S/c1-12-9-10-17-16(11-12)20-18(21-17)19-15-8-4-6-13-5-2-3-7-14(13)15/h2-11H,1H3,(H,19,20). The van der Waals surface area contributed by atoms with E-state index in [1.165, 1.54) is 21.0 Å². The minimum absolute atomic E-state index is 0.937. The Labute approximate surface area is 127 Å². The fraction of sp³-hybridized carbons (Fsp3) is 0.0556. The zero-order chi connectivity index (χ0) is 14.2. The van der Waals surface area contributed by atoms with Crippen LogP contribution in [-0.2, 0) is 0 Å². The Kier molecular flexibility index (Phi) is 2.86. The van der Waals surface area contributed by atoms with Crippen LogP contribution in [0.4, 0.5) is 10.8 Å². The number of aryl methyl sites for hydroxylation is 1. The Balaban J connectivity index is 1.79. The second-order valence-electron chi connectivity index (χ2n) is 5.14. The molecule has 0 amide bonds. The van der Waals surface area contributed by atoms with E-state index < -0.39 is 0 Å². The minimum Gasteiger partial charge on any atom is -0.331 e. The smallest absolute Gasteiger partial charge is 0.188 e. The van der Waals surface area contributed by atoms with E-state index in [0.29, 0.717) is 0 Å². The molecule has 4 aromatic rings. The highest BCUT2D eigenvalue weighted by Crippen LogP contribution is 2.31. The average molecular weight is 290 g/mol. The van der Waals surface area contributed by atoms with Crippen LogP contribution in [0.1, 0.15) is 5.56 Å². The Hall–Kier alpha value is -2.39. The lowest BCUT2D eigenvalue weighted by Crippen LogP contribution is -1.90. The van der Waals surface area contributed by atoms with Crippen molar-refractivity contribution in [2.45, 2.75) is 6.92 Å². The molecule has 1 heterocycles. The third-order valence-electron chi connectivity index (χ3n) is 3.57. The number of hydrogen-bond acceptors (Lipinski definition) is 3. The molecule has 0 bridgehead atoms. The summed E-state index contributed by atoms with van der Waals surface area (Å²) in [6, 6.07) is 21.1. The molecule has 0 aliphatic rings. The molecule has 0 saturated carbocycles. The first-order chi connectivity index (χ1) is 10.3. The number of thiazole rings is 1. The summed E-state index contributed by atoms with van der Waals surface area (Å²) < 4.78 is 1.21. The predicted molar refractivity (Wildman–Crippen MR) is 91.6 cm³/mol. The van der Waals surface area contributed by atoms with Crippen molar-refractivity contribution < 1.29 is 0 Å². The van der Waals surface area contributed by atoms with Gasteiger partial charge in [0, 0.05) is 11.1 Å². The molecule has 0 fully saturated rings. The number of nitrogens with zero attached hydrogens (tertiary/aromatic N) is 1. The van der Waals surface area contributed by atoms with E-state index in [-0.39, 0.29) is 0 Å². The van der Waals surface area contributed by atoms with Gasteiger partial charge in [-0.3, -0.25) is 0 Å². The first-order valence-corrected chi connectivity index (χ1v) is 7.73. The Morgan fingerprint density at radius 1 is 0.952 bits per heavy atom. The van der Waals surface area contributed by atoms with Crippen LogP contribution in [0.15, 0.2) is 60.7 Å². The van der Waals surface area contributed by atoms with E-state index in [1.54, 1.807) is 11.3 Å². The second kappa shape index (κ2) is 4.86. The van der Waals surface area contributed by atoms with E-state index in [4.69, 9.17) is 0 Å². The van der Waals surface area contributed by atoms with Crippen LogP contribution in [0, 0.1) is 6.92 Å². The molecule has 0 saturated heterocycles. The minimum atomic E-state index is 0.937. The van der Waals surface area contributed by atoms with Gasteiger partial charge in [-0.25, -0.2) is 4.98 Å². The van der Waals surface area contributed by atoms with Crippen molar-refractivity contribution in [3.05, 3.63) is 66.2 Å². The van der Waals surface area contributed by atoms with Crippen LogP contribution in [0.2, 0.25) is 0 Å². The van der Waals surface area contributed by atoms with Crippen molar-refractivity contribution in [2.75, 3.05) is 5.32 Å². The van der Waals surface area contributed by atoms with Crippen molar-refractivity contribution in [1.29, 1.82) is 0 Å². The van der Waals surface area contributed by atoms with Gasteiger partial charge in [-0.05, 0) is 36.1 Å². The van der Waals surface area contributed by atoms with E-state index in [2.05, 4.69) is 77.9 Å². The molecule has 102 valence electrons. The summed E-state index contributed by atoms with van der Waals surface area (Å²) in [5.41, 5.74) is 3.40. The van der Waals surface area contributed by atoms with Crippen LogP contribution < -0.4 is 5.32 Å². The van der Waals surface area contributed by atoms with E-state index in [0.717, 1.165) is 16.3 Å². The number of fused-ring (bicyclic) bond motifs is 2. The van der Waals surface area contributed by atoms with Crippen molar-refractivity contribution in [3.63, 3.8) is 0 Å². The molecule has 0 aliphatic carbocycles. The molecule has 0 atom stereocenters. The van der Waals surface area contributed by atoms with Gasteiger partial charge < -0.3 is 5.32 Å². The summed E-state index contributed by atoms with van der Waals surface area (Å²) in [7, 11) is 0. The molecule has 0 aliphatic heterocycles. The maximum absolute atomic E-state index is 4.68. The summed E-state index contributed by atoms with van der Waals surface area (Å²) in [6.45, 7) is 2.09. The van der Waals surface area contributed by atoms with Crippen LogP contribution in [0.3, 0.4) is 0 Å². The summed E-state index contributed by atoms with van der Waals surface area (Å²) in [4.78, 5) is 4.68. The quantitative estimate of drug-likeness (QED) is 0.527. The Bertz CT molecular complexity index is 935. The van der Waals surface area contributed by atoms with Gasteiger partial charge in [-0.15, -0.1) is 0 Å². The van der Waals surface area contributed by atoms with Crippen LogP contribution in [0.5, 0.6) is 0 Å². The van der Waals surface area contributed by atoms with Crippen molar-refractivity contribution in [1.82, 2.24) is 4.98 Å². The lowest BCUT2D eigenvalue weighted by atomic mass is 10.1. The van der Waals surface area contributed by atoms with Gasteiger partial charge in [0.15, 0.2) is 5.13 Å². The van der Waals surface area contributed by atoms with Crippen molar-refractivity contribution >= 4 is 43.1 Å². The van der Waals surface area contributed by atoms with Crippen molar-refractivity contribution in [3.8, 4) is 0 Å². The SMILES string of the molecule is Cc1ccc2sc(Nc3cccc4ccccc34)nc2c1. The summed E-state index contributed by atoms with van der Waals surface area (Å²) in [5, 5.41) is 6.85. The summed E-state index contributed by atoms with van der Waals surface area (Å²) in [6.07, 6.45) is 0. The average Bonchev–Trinajstić information content (AvgIpc) is 2.89. The first kappa shape index (κ1) is 12.4. The maximum Gasteiger partial charge on any atom is 0.188 e. The summed E-state index contributed by atoms with van der Waals surface area (Å²) >= 11 is 1.69. The highest BCUT2D eigenvalue weighted by molar-refractivity contribution is 7.22. The number of hydrogen-bond donors (Lipinski definition) is 1. The van der Waals surface area contributed by atoms with E-state index >= 15 is 0 Å². The molecule has 0 radical (unpaired) electrons. The Morgan fingerprint density at radius 2 is 1.81 bits per heavy atom. The molecule has 3 heteroatoms. The predicted octanol–water partition coefficient (Wildman–Crippen LogP) is 5.50. The highest BCUT2D eigenvalue weighted by atomic mass is 32.1. The van der Waals surface area contributed by atoms with Gasteiger partial charge >= 0.3 is 0 Å². The molecular formula is C18H14N2S. The molecule has 0 unspecified atom stereocenters. The van der Waals surface area contributed by atoms with Gasteiger partial charge in [0.1, 0.15) is 0 Å². The summed E-state index contributed by atoms with van der Waals surface area (Å²) in [5.74, 6) is 0. The van der Waals surface area contributed by atoms with Gasteiger partial charge in [0.05, 0.1) is 10.2 Å². The van der Waals surface area contributed by atoms with E-state index in [9.17, 15) is 0 Å². The van der Waals surface area contributed by atoms with Gasteiger partial charge in [-0.1, -0.05) is 53.8 Å². The first-order valence-electron chi connectivity index (χ1n) is 6.91. The largest absolute Gasteiger partial charge is 0.331 e. The second-order valence-corrected chi connectivity index (χ2v) is 6.17. The zero-order valence-electron chi connectivity index (χ0n) is 11.6.